The molecular formula is C14H19BrN2O3. The summed E-state index contributed by atoms with van der Waals surface area (Å²) in [4.78, 5) is 27.7. The Morgan fingerprint density at radius 3 is 2.55 bits per heavy atom. The largest absolute Gasteiger partial charge is 0.466 e. The minimum atomic E-state index is -0.524. The average molecular weight is 343 g/mol. The minimum absolute atomic E-state index is 0.0801. The second-order valence-corrected chi connectivity index (χ2v) is 6.19. The maximum Gasteiger partial charge on any atom is 0.310 e. The van der Waals surface area contributed by atoms with Gasteiger partial charge in [0.25, 0.3) is 0 Å². The fourth-order valence-electron chi connectivity index (χ4n) is 1.42. The van der Waals surface area contributed by atoms with Gasteiger partial charge >= 0.3 is 5.97 Å². The number of pyridine rings is 1. The Bertz CT molecular complexity index is 510. The van der Waals surface area contributed by atoms with E-state index in [4.69, 9.17) is 4.74 Å². The van der Waals surface area contributed by atoms with Crippen LogP contribution in [0.25, 0.3) is 0 Å². The molecule has 110 valence electrons. The fraction of sp³-hybridized carbons (Fsp3) is 0.500. The van der Waals surface area contributed by atoms with E-state index in [1.807, 2.05) is 20.8 Å². The Morgan fingerprint density at radius 2 is 2.00 bits per heavy atom. The molecule has 0 aliphatic heterocycles. The minimum Gasteiger partial charge on any atom is -0.466 e. The maximum atomic E-state index is 12.0. The number of anilines is 1. The van der Waals surface area contributed by atoms with Gasteiger partial charge in [0.15, 0.2) is 0 Å². The molecule has 0 aromatic carbocycles. The Kier molecular flexibility index (Phi) is 5.68. The summed E-state index contributed by atoms with van der Waals surface area (Å²) in [6.07, 6.45) is 3.20. The van der Waals surface area contributed by atoms with Crippen molar-refractivity contribution in [3.05, 3.63) is 22.4 Å². The molecule has 0 saturated heterocycles. The molecule has 6 heteroatoms. The van der Waals surface area contributed by atoms with Gasteiger partial charge in [-0.1, -0.05) is 20.8 Å². The molecule has 0 unspecified atom stereocenters. The zero-order valence-corrected chi connectivity index (χ0v) is 13.7. The molecule has 1 aromatic rings. The lowest BCUT2D eigenvalue weighted by Gasteiger charge is -2.19. The van der Waals surface area contributed by atoms with E-state index in [2.05, 4.69) is 26.2 Å². The van der Waals surface area contributed by atoms with Crippen LogP contribution in [0.15, 0.2) is 16.9 Å². The van der Waals surface area contributed by atoms with Crippen LogP contribution >= 0.6 is 15.9 Å². The highest BCUT2D eigenvalue weighted by Crippen LogP contribution is 2.26. The van der Waals surface area contributed by atoms with Gasteiger partial charge in [0.2, 0.25) is 5.91 Å². The summed E-state index contributed by atoms with van der Waals surface area (Å²) in [5.74, 6) is -0.479. The molecule has 1 rings (SSSR count). The molecule has 0 aliphatic rings. The van der Waals surface area contributed by atoms with Crippen molar-refractivity contribution in [3.8, 4) is 0 Å². The van der Waals surface area contributed by atoms with Gasteiger partial charge < -0.3 is 10.1 Å². The number of halogens is 1. The first-order chi connectivity index (χ1) is 9.25. The molecule has 1 aromatic heterocycles. The van der Waals surface area contributed by atoms with Crippen molar-refractivity contribution in [1.29, 1.82) is 0 Å². The van der Waals surface area contributed by atoms with Crippen LogP contribution in [0.1, 0.15) is 33.3 Å². The number of hydrogen-bond donors (Lipinski definition) is 1. The Morgan fingerprint density at radius 1 is 1.35 bits per heavy atom. The number of carbonyl (C=O) groups is 2. The van der Waals surface area contributed by atoms with Crippen LogP contribution < -0.4 is 5.32 Å². The van der Waals surface area contributed by atoms with E-state index in [1.54, 1.807) is 13.1 Å². The lowest BCUT2D eigenvalue weighted by atomic mass is 9.95. The normalized spacial score (nSPS) is 11.1. The van der Waals surface area contributed by atoms with Crippen LogP contribution in [0.4, 0.5) is 5.69 Å². The van der Waals surface area contributed by atoms with E-state index in [-0.39, 0.29) is 18.3 Å². The molecule has 0 aliphatic carbocycles. The zero-order chi connectivity index (χ0) is 15.3. The average Bonchev–Trinajstić information content (AvgIpc) is 2.32. The van der Waals surface area contributed by atoms with Crippen molar-refractivity contribution in [3.63, 3.8) is 0 Å². The summed E-state index contributed by atoms with van der Waals surface area (Å²) in [6, 6.07) is 0. The maximum absolute atomic E-state index is 12.0. The zero-order valence-electron chi connectivity index (χ0n) is 12.1. The highest BCUT2D eigenvalue weighted by atomic mass is 79.9. The number of rotatable bonds is 4. The lowest BCUT2D eigenvalue weighted by molar-refractivity contribution is -0.142. The number of nitrogens with one attached hydrogen (secondary N) is 1. The molecule has 20 heavy (non-hydrogen) atoms. The van der Waals surface area contributed by atoms with Crippen molar-refractivity contribution < 1.29 is 14.3 Å². The van der Waals surface area contributed by atoms with E-state index in [0.717, 1.165) is 0 Å². The first-order valence-electron chi connectivity index (χ1n) is 6.35. The third-order valence-electron chi connectivity index (χ3n) is 2.56. The van der Waals surface area contributed by atoms with Crippen LogP contribution in [0, 0.1) is 5.41 Å². The monoisotopic (exact) mass is 342 g/mol. The molecule has 0 fully saturated rings. The summed E-state index contributed by atoms with van der Waals surface area (Å²) in [5, 5.41) is 2.80. The van der Waals surface area contributed by atoms with E-state index >= 15 is 0 Å². The number of hydrogen-bond acceptors (Lipinski definition) is 4. The van der Waals surface area contributed by atoms with Gasteiger partial charge in [-0.2, -0.15) is 0 Å². The lowest BCUT2D eigenvalue weighted by Crippen LogP contribution is -2.28. The number of nitrogens with zero attached hydrogens (tertiary/aromatic N) is 1. The number of aromatic nitrogens is 1. The Labute approximate surface area is 127 Å². The first-order valence-corrected chi connectivity index (χ1v) is 7.14. The number of ether oxygens (including phenoxy) is 1. The van der Waals surface area contributed by atoms with Gasteiger partial charge in [0, 0.05) is 21.6 Å². The SMILES string of the molecule is CCOC(=O)Cc1c(Br)cncc1NC(=O)C(C)(C)C. The van der Waals surface area contributed by atoms with Gasteiger partial charge in [-0.25, -0.2) is 0 Å². The summed E-state index contributed by atoms with van der Waals surface area (Å²) in [7, 11) is 0. The number of amides is 1. The van der Waals surface area contributed by atoms with Crippen molar-refractivity contribution in [2.45, 2.75) is 34.1 Å². The van der Waals surface area contributed by atoms with E-state index in [0.29, 0.717) is 22.3 Å². The van der Waals surface area contributed by atoms with Crippen LogP contribution in [-0.4, -0.2) is 23.5 Å². The van der Waals surface area contributed by atoms with Crippen molar-refractivity contribution in [2.75, 3.05) is 11.9 Å². The standard InChI is InChI=1S/C14H19BrN2O3/c1-5-20-12(18)6-9-10(15)7-16-8-11(9)17-13(19)14(2,3)4/h7-8H,5-6H2,1-4H3,(H,17,19). The fourth-order valence-corrected chi connectivity index (χ4v) is 1.89. The summed E-state index contributed by atoms with van der Waals surface area (Å²) in [6.45, 7) is 7.53. The third kappa shape index (κ3) is 4.59. The van der Waals surface area contributed by atoms with E-state index < -0.39 is 5.41 Å². The van der Waals surface area contributed by atoms with Gasteiger partial charge in [-0.15, -0.1) is 0 Å². The predicted molar refractivity (Wildman–Crippen MR) is 80.4 cm³/mol. The third-order valence-corrected chi connectivity index (χ3v) is 3.24. The summed E-state index contributed by atoms with van der Waals surface area (Å²) < 4.78 is 5.60. The Balaban J connectivity index is 2.99. The predicted octanol–water partition coefficient (Wildman–Crippen LogP) is 2.93. The van der Waals surface area contributed by atoms with Gasteiger partial charge in [0.05, 0.1) is 24.9 Å². The molecule has 0 bridgehead atoms. The van der Waals surface area contributed by atoms with Crippen molar-refractivity contribution >= 4 is 33.5 Å². The molecule has 0 radical (unpaired) electrons. The van der Waals surface area contributed by atoms with Crippen molar-refractivity contribution in [2.24, 2.45) is 5.41 Å². The first kappa shape index (κ1) is 16.6. The molecule has 0 saturated carbocycles. The molecule has 5 nitrogen and oxygen atoms in total. The van der Waals surface area contributed by atoms with Gasteiger partial charge in [-0.3, -0.25) is 14.6 Å². The van der Waals surface area contributed by atoms with Crippen LogP contribution in [-0.2, 0) is 20.7 Å². The van der Waals surface area contributed by atoms with Crippen LogP contribution in [0.3, 0.4) is 0 Å². The molecule has 0 spiro atoms. The highest BCUT2D eigenvalue weighted by Gasteiger charge is 2.23. The Hall–Kier alpha value is -1.43. The van der Waals surface area contributed by atoms with E-state index in [9.17, 15) is 9.59 Å². The molecular weight excluding hydrogens is 324 g/mol. The molecule has 1 amide bonds. The molecule has 1 N–H and O–H groups in total. The number of esters is 1. The summed E-state index contributed by atoms with van der Waals surface area (Å²) in [5.41, 5.74) is 0.659. The van der Waals surface area contributed by atoms with Crippen LogP contribution in [0.2, 0.25) is 0 Å². The molecule has 0 atom stereocenters. The van der Waals surface area contributed by atoms with Gasteiger partial charge in [0.1, 0.15) is 0 Å². The number of carbonyl (C=O) groups excluding carboxylic acids is 2. The smallest absolute Gasteiger partial charge is 0.310 e. The van der Waals surface area contributed by atoms with Crippen LogP contribution in [0.5, 0.6) is 0 Å². The van der Waals surface area contributed by atoms with Gasteiger partial charge in [-0.05, 0) is 22.9 Å². The highest BCUT2D eigenvalue weighted by molar-refractivity contribution is 9.10. The second-order valence-electron chi connectivity index (χ2n) is 5.33. The quantitative estimate of drug-likeness (QED) is 0.854. The van der Waals surface area contributed by atoms with E-state index in [1.165, 1.54) is 6.20 Å². The topological polar surface area (TPSA) is 68.3 Å². The van der Waals surface area contributed by atoms with Crippen molar-refractivity contribution in [1.82, 2.24) is 4.98 Å². The second kappa shape index (κ2) is 6.83. The summed E-state index contributed by atoms with van der Waals surface area (Å²) >= 11 is 3.35. The molecule has 1 heterocycles.